The minimum atomic E-state index is -1.02. The highest BCUT2D eigenvalue weighted by Crippen LogP contribution is 2.36. The Morgan fingerprint density at radius 1 is 1.62 bits per heavy atom. The Bertz CT molecular complexity index is 408. The number of methoxy groups -OCH3 is 1. The van der Waals surface area contributed by atoms with Crippen LogP contribution in [0.5, 0.6) is 11.5 Å². The first-order chi connectivity index (χ1) is 7.45. The smallest absolute Gasteiger partial charge is 0.305 e. The van der Waals surface area contributed by atoms with Gasteiger partial charge in [-0.05, 0) is 12.1 Å². The van der Waals surface area contributed by atoms with Gasteiger partial charge >= 0.3 is 5.97 Å². The van der Waals surface area contributed by atoms with Crippen LogP contribution in [0.3, 0.4) is 0 Å². The normalized spacial score (nSPS) is 12.2. The van der Waals surface area contributed by atoms with Gasteiger partial charge in [-0.15, -0.1) is 0 Å². The predicted molar refractivity (Wildman–Crippen MR) is 61.5 cm³/mol. The zero-order chi connectivity index (χ0) is 12.3. The van der Waals surface area contributed by atoms with Gasteiger partial charge in [0.15, 0.2) is 11.5 Å². The molecule has 6 heteroatoms. The van der Waals surface area contributed by atoms with Crippen LogP contribution in [-0.2, 0) is 4.79 Å². The molecule has 0 aliphatic carbocycles. The van der Waals surface area contributed by atoms with Gasteiger partial charge in [0.25, 0.3) is 0 Å². The summed E-state index contributed by atoms with van der Waals surface area (Å²) in [5, 5.41) is 18.4. The van der Waals surface area contributed by atoms with E-state index in [1.165, 1.54) is 7.11 Å². The van der Waals surface area contributed by atoms with Crippen LogP contribution in [0.2, 0.25) is 0 Å². The van der Waals surface area contributed by atoms with E-state index in [9.17, 15) is 9.90 Å². The summed E-state index contributed by atoms with van der Waals surface area (Å²) in [4.78, 5) is 10.5. The van der Waals surface area contributed by atoms with E-state index in [1.54, 1.807) is 12.1 Å². The number of phenolic OH excluding ortho intramolecular Hbond substituents is 1. The Balaban J connectivity index is 3.12. The number of aromatic hydroxyl groups is 1. The first kappa shape index (κ1) is 12.8. The predicted octanol–water partition coefficient (Wildman–Crippen LogP) is 1.64. The van der Waals surface area contributed by atoms with Crippen molar-refractivity contribution >= 4 is 21.9 Å². The number of carbonyl (C=O) groups is 1. The number of halogens is 1. The second-order valence-corrected chi connectivity index (χ2v) is 4.17. The molecule has 1 aromatic carbocycles. The molecule has 5 nitrogen and oxygen atoms in total. The number of ether oxygens (including phenoxy) is 1. The summed E-state index contributed by atoms with van der Waals surface area (Å²) in [6.07, 6.45) is -0.257. The monoisotopic (exact) mass is 289 g/mol. The zero-order valence-electron chi connectivity index (χ0n) is 8.61. The average molecular weight is 290 g/mol. The van der Waals surface area contributed by atoms with Gasteiger partial charge in [0.2, 0.25) is 0 Å². The van der Waals surface area contributed by atoms with Crippen LogP contribution >= 0.6 is 15.9 Å². The van der Waals surface area contributed by atoms with Crippen molar-refractivity contribution < 1.29 is 19.7 Å². The third-order valence-corrected chi connectivity index (χ3v) is 2.54. The molecule has 4 N–H and O–H groups in total. The van der Waals surface area contributed by atoms with Crippen LogP contribution in [0.25, 0.3) is 0 Å². The summed E-state index contributed by atoms with van der Waals surface area (Å²) in [5.41, 5.74) is 6.01. The lowest BCUT2D eigenvalue weighted by molar-refractivity contribution is -0.137. The molecule has 0 radical (unpaired) electrons. The van der Waals surface area contributed by atoms with Crippen LogP contribution in [0.1, 0.15) is 18.0 Å². The summed E-state index contributed by atoms with van der Waals surface area (Å²) in [7, 11) is 1.41. The van der Waals surface area contributed by atoms with E-state index in [4.69, 9.17) is 15.6 Å². The number of hydrogen-bond donors (Lipinski definition) is 3. The standard InChI is InChI=1S/C10H12BrNO4/c1-16-8-3-5(11)2-6(10(8)15)7(12)4-9(13)14/h2-3,7,15H,4,12H2,1H3,(H,13,14). The maximum atomic E-state index is 10.5. The molecule has 1 atom stereocenters. The van der Waals surface area contributed by atoms with Gasteiger partial charge < -0.3 is 20.7 Å². The molecular weight excluding hydrogens is 278 g/mol. The van der Waals surface area contributed by atoms with E-state index < -0.39 is 12.0 Å². The number of hydrogen-bond acceptors (Lipinski definition) is 4. The molecule has 88 valence electrons. The number of carboxylic acid groups (broad SMARTS) is 1. The Kier molecular flexibility index (Phi) is 4.14. The van der Waals surface area contributed by atoms with Crippen molar-refractivity contribution in [1.29, 1.82) is 0 Å². The van der Waals surface area contributed by atoms with Gasteiger partial charge in [-0.25, -0.2) is 0 Å². The number of nitrogens with two attached hydrogens (primary N) is 1. The Morgan fingerprint density at radius 3 is 2.75 bits per heavy atom. The number of aliphatic carboxylic acids is 1. The summed E-state index contributed by atoms with van der Waals surface area (Å²) in [6, 6.07) is 2.38. The molecule has 0 amide bonds. The van der Waals surface area contributed by atoms with E-state index in [0.29, 0.717) is 10.0 Å². The number of carboxylic acids is 1. The van der Waals surface area contributed by atoms with Crippen molar-refractivity contribution in [1.82, 2.24) is 0 Å². The number of rotatable bonds is 4. The van der Waals surface area contributed by atoms with Crippen molar-refractivity contribution in [2.45, 2.75) is 12.5 Å². The molecule has 1 rings (SSSR count). The fraction of sp³-hybridized carbons (Fsp3) is 0.300. The van der Waals surface area contributed by atoms with Gasteiger partial charge in [-0.1, -0.05) is 15.9 Å². The summed E-state index contributed by atoms with van der Waals surface area (Å²) < 4.78 is 5.60. The minimum absolute atomic E-state index is 0.126. The zero-order valence-corrected chi connectivity index (χ0v) is 10.2. The fourth-order valence-corrected chi connectivity index (χ4v) is 1.79. The summed E-state index contributed by atoms with van der Waals surface area (Å²) >= 11 is 3.23. The van der Waals surface area contributed by atoms with Crippen molar-refractivity contribution in [2.75, 3.05) is 7.11 Å². The van der Waals surface area contributed by atoms with E-state index in [1.807, 2.05) is 0 Å². The largest absolute Gasteiger partial charge is 0.504 e. The second kappa shape index (κ2) is 5.18. The minimum Gasteiger partial charge on any atom is -0.504 e. The topological polar surface area (TPSA) is 92.8 Å². The maximum Gasteiger partial charge on any atom is 0.305 e. The van der Waals surface area contributed by atoms with E-state index in [0.717, 1.165) is 0 Å². The van der Waals surface area contributed by atoms with Gasteiger partial charge in [-0.3, -0.25) is 4.79 Å². The molecule has 0 saturated carbocycles. The third-order valence-electron chi connectivity index (χ3n) is 2.08. The maximum absolute atomic E-state index is 10.5. The lowest BCUT2D eigenvalue weighted by Gasteiger charge is -2.14. The molecule has 16 heavy (non-hydrogen) atoms. The van der Waals surface area contributed by atoms with Crippen LogP contribution < -0.4 is 10.5 Å². The van der Waals surface area contributed by atoms with Crippen LogP contribution in [-0.4, -0.2) is 23.3 Å². The SMILES string of the molecule is COc1cc(Br)cc(C(N)CC(=O)O)c1O. The lowest BCUT2D eigenvalue weighted by atomic mass is 10.0. The highest BCUT2D eigenvalue weighted by molar-refractivity contribution is 9.10. The summed E-state index contributed by atoms with van der Waals surface area (Å²) in [5.74, 6) is -0.893. The molecule has 0 saturated heterocycles. The molecule has 0 fully saturated rings. The van der Waals surface area contributed by atoms with Crippen molar-refractivity contribution in [3.63, 3.8) is 0 Å². The summed E-state index contributed by atoms with van der Waals surface area (Å²) in [6.45, 7) is 0. The number of benzene rings is 1. The van der Waals surface area contributed by atoms with Crippen molar-refractivity contribution in [3.8, 4) is 11.5 Å². The molecule has 0 aliphatic rings. The second-order valence-electron chi connectivity index (χ2n) is 3.25. The van der Waals surface area contributed by atoms with Crippen LogP contribution in [0.4, 0.5) is 0 Å². The molecule has 1 aromatic rings. The molecule has 1 unspecified atom stereocenters. The van der Waals surface area contributed by atoms with Gasteiger partial charge in [0.05, 0.1) is 13.5 Å². The Morgan fingerprint density at radius 2 is 2.25 bits per heavy atom. The van der Waals surface area contributed by atoms with Gasteiger partial charge in [0, 0.05) is 16.1 Å². The average Bonchev–Trinajstić information content (AvgIpc) is 2.19. The van der Waals surface area contributed by atoms with E-state index in [2.05, 4.69) is 15.9 Å². The molecule has 0 bridgehead atoms. The van der Waals surface area contributed by atoms with Gasteiger partial charge in [-0.2, -0.15) is 0 Å². The van der Waals surface area contributed by atoms with E-state index in [-0.39, 0.29) is 17.9 Å². The van der Waals surface area contributed by atoms with Crippen molar-refractivity contribution in [3.05, 3.63) is 22.2 Å². The molecule has 0 aromatic heterocycles. The highest BCUT2D eigenvalue weighted by Gasteiger charge is 2.18. The molecule has 0 heterocycles. The first-order valence-corrected chi connectivity index (χ1v) is 5.28. The quantitative estimate of drug-likeness (QED) is 0.784. The third kappa shape index (κ3) is 2.86. The lowest BCUT2D eigenvalue weighted by Crippen LogP contribution is -2.15. The molecular formula is C10H12BrNO4. The van der Waals surface area contributed by atoms with Gasteiger partial charge in [0.1, 0.15) is 0 Å². The van der Waals surface area contributed by atoms with Crippen LogP contribution in [0.15, 0.2) is 16.6 Å². The Labute approximate surface area is 101 Å². The van der Waals surface area contributed by atoms with Crippen molar-refractivity contribution in [2.24, 2.45) is 5.73 Å². The van der Waals surface area contributed by atoms with Crippen LogP contribution in [0, 0.1) is 0 Å². The highest BCUT2D eigenvalue weighted by atomic mass is 79.9. The number of phenols is 1. The first-order valence-electron chi connectivity index (χ1n) is 4.49. The molecule has 0 spiro atoms. The van der Waals surface area contributed by atoms with E-state index >= 15 is 0 Å². The fourth-order valence-electron chi connectivity index (χ4n) is 1.33. The Hall–Kier alpha value is -1.27. The molecule has 0 aliphatic heterocycles.